The minimum Gasteiger partial charge on any atom is -0.375 e. The predicted molar refractivity (Wildman–Crippen MR) is 61.5 cm³/mol. The largest absolute Gasteiger partial charge is 0.375 e. The van der Waals surface area contributed by atoms with Crippen LogP contribution in [0.4, 0.5) is 0 Å². The van der Waals surface area contributed by atoms with Gasteiger partial charge in [0.15, 0.2) is 0 Å². The Balaban J connectivity index is 2.72. The monoisotopic (exact) mass is 214 g/mol. The molecule has 2 atom stereocenters. The Morgan fingerprint density at radius 3 is 2.87 bits per heavy atom. The maximum Gasteiger partial charge on any atom is 0.208 e. The van der Waals surface area contributed by atoms with Gasteiger partial charge in [0.1, 0.15) is 0 Å². The zero-order chi connectivity index (χ0) is 11.3. The second-order valence-electron chi connectivity index (χ2n) is 3.80. The highest BCUT2D eigenvalue weighted by atomic mass is 16.5. The molecule has 3 N–H and O–H groups in total. The Morgan fingerprint density at radius 1 is 1.60 bits per heavy atom. The Bertz CT molecular complexity index is 219. The van der Waals surface area contributed by atoms with Crippen molar-refractivity contribution < 1.29 is 4.74 Å². The van der Waals surface area contributed by atoms with E-state index >= 15 is 0 Å². The van der Waals surface area contributed by atoms with Crippen molar-refractivity contribution >= 4 is 5.96 Å². The van der Waals surface area contributed by atoms with Gasteiger partial charge in [0, 0.05) is 13.1 Å². The molecule has 15 heavy (non-hydrogen) atoms. The van der Waals surface area contributed by atoms with E-state index in [0.29, 0.717) is 6.04 Å². The maximum atomic E-state index is 5.62. The molecule has 2 unspecified atom stereocenters. The van der Waals surface area contributed by atoms with E-state index in [-0.39, 0.29) is 6.10 Å². The fourth-order valence-electron chi connectivity index (χ4n) is 1.81. The van der Waals surface area contributed by atoms with Gasteiger partial charge in [0.25, 0.3) is 0 Å². The molecule has 5 heteroatoms. The van der Waals surface area contributed by atoms with Gasteiger partial charge in [0.05, 0.1) is 18.8 Å². The second kappa shape index (κ2) is 5.92. The van der Waals surface area contributed by atoms with Crippen molar-refractivity contribution in [1.29, 1.82) is 0 Å². The van der Waals surface area contributed by atoms with Crippen LogP contribution in [0.25, 0.3) is 0 Å². The van der Waals surface area contributed by atoms with Crippen molar-refractivity contribution in [3.63, 3.8) is 0 Å². The van der Waals surface area contributed by atoms with E-state index in [1.165, 1.54) is 0 Å². The summed E-state index contributed by atoms with van der Waals surface area (Å²) in [5.41, 5.74) is 2.68. The predicted octanol–water partition coefficient (Wildman–Crippen LogP) is 0.325. The first-order valence-electron chi connectivity index (χ1n) is 5.62. The lowest BCUT2D eigenvalue weighted by atomic mass is 10.1. The number of nitrogens with zero attached hydrogens (tertiary/aromatic N) is 2. The van der Waals surface area contributed by atoms with Crippen LogP contribution in [0.15, 0.2) is 4.99 Å². The van der Waals surface area contributed by atoms with Crippen LogP contribution in [0.5, 0.6) is 0 Å². The number of guanidine groups is 1. The van der Waals surface area contributed by atoms with E-state index < -0.39 is 0 Å². The molecule has 0 radical (unpaired) electrons. The molecule has 0 aliphatic carbocycles. The average Bonchev–Trinajstić information content (AvgIpc) is 2.26. The topological polar surface area (TPSA) is 62.9 Å². The number of hydrogen-bond acceptors (Lipinski definition) is 3. The highest BCUT2D eigenvalue weighted by Gasteiger charge is 2.27. The highest BCUT2D eigenvalue weighted by Crippen LogP contribution is 2.14. The lowest BCUT2D eigenvalue weighted by molar-refractivity contribution is -0.0297. The summed E-state index contributed by atoms with van der Waals surface area (Å²) in [6.45, 7) is 8.56. The fourth-order valence-corrected chi connectivity index (χ4v) is 1.81. The maximum absolute atomic E-state index is 5.62. The molecule has 0 aromatic heterocycles. The van der Waals surface area contributed by atoms with Gasteiger partial charge in [0.2, 0.25) is 5.96 Å². The minimum absolute atomic E-state index is 0.239. The molecule has 0 aromatic carbocycles. The van der Waals surface area contributed by atoms with Crippen molar-refractivity contribution in [2.24, 2.45) is 10.8 Å². The van der Waals surface area contributed by atoms with Crippen LogP contribution >= 0.6 is 0 Å². The SMILES string of the molecule is CCN=C(NN)N1CC(C)OCC1CC. The van der Waals surface area contributed by atoms with E-state index in [4.69, 9.17) is 10.6 Å². The lowest BCUT2D eigenvalue weighted by Gasteiger charge is -2.39. The van der Waals surface area contributed by atoms with Gasteiger partial charge in [-0.3, -0.25) is 10.4 Å². The van der Waals surface area contributed by atoms with Crippen LogP contribution in [0.2, 0.25) is 0 Å². The van der Waals surface area contributed by atoms with Crippen LogP contribution < -0.4 is 11.3 Å². The molecule has 0 spiro atoms. The smallest absolute Gasteiger partial charge is 0.208 e. The van der Waals surface area contributed by atoms with Crippen LogP contribution in [-0.4, -0.2) is 42.7 Å². The van der Waals surface area contributed by atoms with E-state index in [1.807, 2.05) is 6.92 Å². The molecule has 0 aromatic rings. The van der Waals surface area contributed by atoms with Crippen LogP contribution in [0, 0.1) is 0 Å². The number of nitrogens with one attached hydrogen (secondary N) is 1. The molecule has 1 aliphatic heterocycles. The third-order valence-corrected chi connectivity index (χ3v) is 2.65. The zero-order valence-electron chi connectivity index (χ0n) is 9.86. The van der Waals surface area contributed by atoms with Crippen molar-refractivity contribution in [2.75, 3.05) is 19.7 Å². The van der Waals surface area contributed by atoms with E-state index in [9.17, 15) is 0 Å². The Labute approximate surface area is 91.6 Å². The molecule has 1 rings (SSSR count). The molecule has 1 fully saturated rings. The quantitative estimate of drug-likeness (QED) is 0.301. The number of hydrazine groups is 1. The molecule has 88 valence electrons. The van der Waals surface area contributed by atoms with Crippen molar-refractivity contribution in [3.05, 3.63) is 0 Å². The minimum atomic E-state index is 0.239. The summed E-state index contributed by atoms with van der Waals surface area (Å²) in [5.74, 6) is 6.27. The third-order valence-electron chi connectivity index (χ3n) is 2.65. The van der Waals surface area contributed by atoms with Gasteiger partial charge >= 0.3 is 0 Å². The zero-order valence-corrected chi connectivity index (χ0v) is 9.86. The molecule has 0 bridgehead atoms. The van der Waals surface area contributed by atoms with Crippen LogP contribution in [0.3, 0.4) is 0 Å². The molecule has 1 heterocycles. The van der Waals surface area contributed by atoms with Crippen LogP contribution in [-0.2, 0) is 4.74 Å². The normalized spacial score (nSPS) is 28.0. The van der Waals surface area contributed by atoms with E-state index in [0.717, 1.165) is 32.1 Å². The molecule has 0 saturated carbocycles. The number of ether oxygens (including phenoxy) is 1. The number of hydrogen-bond donors (Lipinski definition) is 2. The Kier molecular flexibility index (Phi) is 4.84. The van der Waals surface area contributed by atoms with Crippen LogP contribution in [0.1, 0.15) is 27.2 Å². The number of nitrogens with two attached hydrogens (primary N) is 1. The first kappa shape index (κ1) is 12.3. The first-order chi connectivity index (χ1) is 7.22. The van der Waals surface area contributed by atoms with Gasteiger partial charge < -0.3 is 9.64 Å². The van der Waals surface area contributed by atoms with Crippen molar-refractivity contribution in [3.8, 4) is 0 Å². The Morgan fingerprint density at radius 2 is 2.33 bits per heavy atom. The lowest BCUT2D eigenvalue weighted by Crippen LogP contribution is -2.56. The second-order valence-corrected chi connectivity index (χ2v) is 3.80. The van der Waals surface area contributed by atoms with Crippen molar-refractivity contribution in [2.45, 2.75) is 39.3 Å². The number of morpholine rings is 1. The molecular weight excluding hydrogens is 192 g/mol. The number of aliphatic imine (C=N–C) groups is 1. The summed E-state index contributed by atoms with van der Waals surface area (Å²) in [7, 11) is 0. The van der Waals surface area contributed by atoms with Crippen molar-refractivity contribution in [1.82, 2.24) is 10.3 Å². The summed E-state index contributed by atoms with van der Waals surface area (Å²) < 4.78 is 5.62. The van der Waals surface area contributed by atoms with Gasteiger partial charge in [-0.2, -0.15) is 0 Å². The van der Waals surface area contributed by atoms with E-state index in [2.05, 4.69) is 29.2 Å². The molecule has 1 aliphatic rings. The summed E-state index contributed by atoms with van der Waals surface area (Å²) >= 11 is 0. The van der Waals surface area contributed by atoms with Gasteiger partial charge in [-0.05, 0) is 20.3 Å². The molecule has 1 saturated heterocycles. The number of rotatable bonds is 2. The standard InChI is InChI=1S/C10H22N4O/c1-4-9-7-15-8(3)6-14(9)10(13-11)12-5-2/h8-9H,4-7,11H2,1-3H3,(H,12,13). The highest BCUT2D eigenvalue weighted by molar-refractivity contribution is 5.79. The van der Waals surface area contributed by atoms with Gasteiger partial charge in [-0.15, -0.1) is 0 Å². The molecule has 0 amide bonds. The summed E-state index contributed by atoms with van der Waals surface area (Å²) in [6, 6.07) is 0.377. The summed E-state index contributed by atoms with van der Waals surface area (Å²) in [4.78, 5) is 6.56. The van der Waals surface area contributed by atoms with Gasteiger partial charge in [-0.1, -0.05) is 6.92 Å². The summed E-state index contributed by atoms with van der Waals surface area (Å²) in [6.07, 6.45) is 1.28. The first-order valence-corrected chi connectivity index (χ1v) is 5.62. The third kappa shape index (κ3) is 3.07. The Hall–Kier alpha value is -0.810. The van der Waals surface area contributed by atoms with Gasteiger partial charge in [-0.25, -0.2) is 5.84 Å². The summed E-state index contributed by atoms with van der Waals surface area (Å²) in [5, 5.41) is 0. The van der Waals surface area contributed by atoms with E-state index in [1.54, 1.807) is 0 Å². The molecule has 5 nitrogen and oxygen atoms in total. The average molecular weight is 214 g/mol. The molecular formula is C10H22N4O. The fraction of sp³-hybridized carbons (Fsp3) is 0.900.